The van der Waals surface area contributed by atoms with Gasteiger partial charge in [-0.2, -0.15) is 4.31 Å². The molecule has 8 nitrogen and oxygen atoms in total. The highest BCUT2D eigenvalue weighted by molar-refractivity contribution is 7.99. The third kappa shape index (κ3) is 6.04. The molecule has 1 fully saturated rings. The number of nitrogens with zero attached hydrogens (tertiary/aromatic N) is 2. The van der Waals surface area contributed by atoms with Crippen molar-refractivity contribution in [1.82, 2.24) is 9.29 Å². The van der Waals surface area contributed by atoms with Gasteiger partial charge >= 0.3 is 0 Å². The third-order valence-corrected chi connectivity index (χ3v) is 10.5. The van der Waals surface area contributed by atoms with Crippen molar-refractivity contribution < 1.29 is 21.6 Å². The van der Waals surface area contributed by atoms with Crippen molar-refractivity contribution in [2.75, 3.05) is 17.8 Å². The smallest absolute Gasteiger partial charge is 0.264 e. The summed E-state index contributed by atoms with van der Waals surface area (Å²) < 4.78 is 54.9. The molecule has 0 amide bonds. The molecular weight excluding hydrogens is 565 g/mol. The fourth-order valence-corrected chi connectivity index (χ4v) is 7.78. The number of hydrogen-bond donors (Lipinski definition) is 1. The number of carbonyl (C=O) groups is 1. The number of sulfonamides is 2. The van der Waals surface area contributed by atoms with Crippen LogP contribution >= 0.6 is 35.0 Å². The molecule has 13 heteroatoms. The molecule has 4 rings (SSSR count). The van der Waals surface area contributed by atoms with Crippen molar-refractivity contribution in [3.05, 3.63) is 70.3 Å². The lowest BCUT2D eigenvalue weighted by Gasteiger charge is -2.25. The molecule has 0 unspecified atom stereocenters. The van der Waals surface area contributed by atoms with Crippen molar-refractivity contribution >= 4 is 67.1 Å². The van der Waals surface area contributed by atoms with E-state index in [0.29, 0.717) is 34.2 Å². The zero-order chi connectivity index (χ0) is 25.9. The number of benzene rings is 2. The van der Waals surface area contributed by atoms with E-state index in [4.69, 9.17) is 23.2 Å². The quantitative estimate of drug-likeness (QED) is 0.355. The third-order valence-electron chi connectivity index (χ3n) is 5.45. The van der Waals surface area contributed by atoms with Crippen molar-refractivity contribution in [3.8, 4) is 0 Å². The highest BCUT2D eigenvalue weighted by Crippen LogP contribution is 2.33. The van der Waals surface area contributed by atoms with Crippen molar-refractivity contribution in [3.63, 3.8) is 0 Å². The van der Waals surface area contributed by atoms with Crippen molar-refractivity contribution in [2.45, 2.75) is 38.8 Å². The maximum Gasteiger partial charge on any atom is 0.264 e. The lowest BCUT2D eigenvalue weighted by molar-refractivity contribution is 0.112. The van der Waals surface area contributed by atoms with Gasteiger partial charge in [-0.25, -0.2) is 21.8 Å². The Bertz CT molecular complexity index is 1490. The maximum atomic E-state index is 12.8. The van der Waals surface area contributed by atoms with E-state index in [1.165, 1.54) is 46.5 Å². The molecule has 0 radical (unpaired) electrons. The van der Waals surface area contributed by atoms with Crippen LogP contribution in [0.15, 0.2) is 74.3 Å². The Balaban J connectivity index is 1.51. The standard InChI is InChI=1S/C23H21Cl2N3O5S3/c24-17-4-9-22(20(25)13-17)35(30,31)27-23-12-16(15-29)21(14-26-23)34-18-5-7-19(8-6-18)36(32,33)28-10-2-1-3-11-28/h4-9,12-15H,1-3,10-11H2,(H,26,27). The highest BCUT2D eigenvalue weighted by Gasteiger charge is 2.26. The molecule has 1 N–H and O–H groups in total. The first-order valence-corrected chi connectivity index (χ1v) is 15.3. The first-order valence-electron chi connectivity index (χ1n) is 10.8. The van der Waals surface area contributed by atoms with E-state index in [1.54, 1.807) is 24.3 Å². The summed E-state index contributed by atoms with van der Waals surface area (Å²) in [6.45, 7) is 1.04. The van der Waals surface area contributed by atoms with Gasteiger partial charge in [0.15, 0.2) is 6.29 Å². The zero-order valence-corrected chi connectivity index (χ0v) is 22.7. The Morgan fingerprint density at radius 1 is 0.944 bits per heavy atom. The monoisotopic (exact) mass is 585 g/mol. The summed E-state index contributed by atoms with van der Waals surface area (Å²) in [5.74, 6) is -0.0598. The number of halogens is 2. The normalized spacial score (nSPS) is 14.9. The van der Waals surface area contributed by atoms with Crippen LogP contribution in [0.2, 0.25) is 10.0 Å². The van der Waals surface area contributed by atoms with E-state index in [2.05, 4.69) is 9.71 Å². The summed E-state index contributed by atoms with van der Waals surface area (Å²) in [5.41, 5.74) is 0.208. The molecule has 0 atom stereocenters. The number of aldehydes is 1. The summed E-state index contributed by atoms with van der Waals surface area (Å²) in [6.07, 6.45) is 4.70. The van der Waals surface area contributed by atoms with Crippen LogP contribution in [-0.2, 0) is 20.0 Å². The Morgan fingerprint density at radius 2 is 1.64 bits per heavy atom. The molecule has 2 heterocycles. The SMILES string of the molecule is O=Cc1cc(NS(=O)(=O)c2ccc(Cl)cc2Cl)ncc1Sc1ccc(S(=O)(=O)N2CCCCC2)cc1. The summed E-state index contributed by atoms with van der Waals surface area (Å²) in [6, 6.07) is 11.7. The lowest BCUT2D eigenvalue weighted by atomic mass is 10.2. The first kappa shape index (κ1) is 26.9. The largest absolute Gasteiger partial charge is 0.298 e. The molecule has 190 valence electrons. The van der Waals surface area contributed by atoms with Gasteiger partial charge in [0, 0.05) is 39.7 Å². The minimum Gasteiger partial charge on any atom is -0.298 e. The van der Waals surface area contributed by atoms with E-state index in [-0.39, 0.29) is 26.2 Å². The fourth-order valence-electron chi connectivity index (χ4n) is 3.64. The molecule has 1 aliphatic heterocycles. The van der Waals surface area contributed by atoms with Gasteiger partial charge in [-0.1, -0.05) is 41.4 Å². The predicted molar refractivity (Wildman–Crippen MR) is 140 cm³/mol. The minimum atomic E-state index is -4.07. The zero-order valence-electron chi connectivity index (χ0n) is 18.7. The Morgan fingerprint density at radius 3 is 2.28 bits per heavy atom. The molecule has 1 saturated heterocycles. The van der Waals surface area contributed by atoms with Crippen LogP contribution in [0.3, 0.4) is 0 Å². The molecule has 0 saturated carbocycles. The van der Waals surface area contributed by atoms with E-state index < -0.39 is 20.0 Å². The van der Waals surface area contributed by atoms with Crippen molar-refractivity contribution in [1.29, 1.82) is 0 Å². The summed E-state index contributed by atoms with van der Waals surface area (Å²) in [5, 5.41) is 0.238. The molecule has 0 aliphatic carbocycles. The number of piperidine rings is 1. The second kappa shape index (κ2) is 11.1. The van der Waals surface area contributed by atoms with Crippen LogP contribution in [0.4, 0.5) is 5.82 Å². The number of carbonyl (C=O) groups excluding carboxylic acids is 1. The number of aromatic nitrogens is 1. The van der Waals surface area contributed by atoms with Crippen LogP contribution in [0, 0.1) is 0 Å². The Labute approximate surface area is 224 Å². The maximum absolute atomic E-state index is 12.8. The number of hydrogen-bond acceptors (Lipinski definition) is 7. The molecule has 0 spiro atoms. The van der Waals surface area contributed by atoms with Crippen LogP contribution in [-0.4, -0.2) is 45.5 Å². The van der Waals surface area contributed by atoms with Gasteiger partial charge in [-0.05, 0) is 61.4 Å². The molecule has 3 aromatic rings. The second-order valence-corrected chi connectivity index (χ2v) is 13.5. The van der Waals surface area contributed by atoms with Gasteiger partial charge in [0.2, 0.25) is 10.0 Å². The van der Waals surface area contributed by atoms with E-state index in [0.717, 1.165) is 19.3 Å². The molecule has 0 bridgehead atoms. The van der Waals surface area contributed by atoms with Crippen LogP contribution in [0.1, 0.15) is 29.6 Å². The van der Waals surface area contributed by atoms with Crippen LogP contribution < -0.4 is 4.72 Å². The molecular formula is C23H21Cl2N3O5S3. The number of nitrogens with one attached hydrogen (secondary N) is 1. The van der Waals surface area contributed by atoms with Gasteiger partial charge in [0.1, 0.15) is 10.7 Å². The van der Waals surface area contributed by atoms with E-state index in [1.807, 2.05) is 0 Å². The average molecular weight is 587 g/mol. The van der Waals surface area contributed by atoms with E-state index in [9.17, 15) is 21.6 Å². The summed E-state index contributed by atoms with van der Waals surface area (Å²) >= 11 is 13.1. The minimum absolute atomic E-state index is 0.0523. The van der Waals surface area contributed by atoms with Crippen molar-refractivity contribution in [2.24, 2.45) is 0 Å². The molecule has 2 aromatic carbocycles. The number of anilines is 1. The van der Waals surface area contributed by atoms with Gasteiger partial charge < -0.3 is 0 Å². The van der Waals surface area contributed by atoms with Gasteiger partial charge in [-0.15, -0.1) is 0 Å². The van der Waals surface area contributed by atoms with Gasteiger partial charge in [-0.3, -0.25) is 9.52 Å². The van der Waals surface area contributed by atoms with Crippen LogP contribution in [0.5, 0.6) is 0 Å². The summed E-state index contributed by atoms with van der Waals surface area (Å²) in [7, 11) is -7.61. The fraction of sp³-hybridized carbons (Fsp3) is 0.217. The molecule has 1 aromatic heterocycles. The second-order valence-electron chi connectivity index (χ2n) is 7.94. The van der Waals surface area contributed by atoms with E-state index >= 15 is 0 Å². The predicted octanol–water partition coefficient (Wildman–Crippen LogP) is 5.33. The van der Waals surface area contributed by atoms with Gasteiger partial charge in [0.25, 0.3) is 10.0 Å². The molecule has 36 heavy (non-hydrogen) atoms. The topological polar surface area (TPSA) is 114 Å². The number of rotatable bonds is 8. The van der Waals surface area contributed by atoms with Gasteiger partial charge in [0.05, 0.1) is 9.92 Å². The Kier molecular flexibility index (Phi) is 8.28. The lowest BCUT2D eigenvalue weighted by Crippen LogP contribution is -2.35. The first-order chi connectivity index (χ1) is 17.1. The average Bonchev–Trinajstić information content (AvgIpc) is 2.85. The summed E-state index contributed by atoms with van der Waals surface area (Å²) in [4.78, 5) is 17.0. The Hall–Kier alpha value is -2.15. The molecule has 1 aliphatic rings. The highest BCUT2D eigenvalue weighted by atomic mass is 35.5. The number of pyridine rings is 1. The van der Waals surface area contributed by atoms with Crippen LogP contribution in [0.25, 0.3) is 0 Å².